The van der Waals surface area contributed by atoms with Crippen molar-refractivity contribution in [1.29, 1.82) is 0 Å². The molecule has 0 bridgehead atoms. The number of hydrogen-bond donors (Lipinski definition) is 1. The van der Waals surface area contributed by atoms with Crippen LogP contribution in [-0.2, 0) is 4.74 Å². The molecule has 0 atom stereocenters. The maximum absolute atomic E-state index is 6.15. The van der Waals surface area contributed by atoms with Crippen LogP contribution in [0.1, 0.15) is 12.8 Å². The summed E-state index contributed by atoms with van der Waals surface area (Å²) in [6.45, 7) is 2.47. The lowest BCUT2D eigenvalue weighted by atomic mass is 9.92. The van der Waals surface area contributed by atoms with E-state index in [1.54, 1.807) is 0 Å². The van der Waals surface area contributed by atoms with Crippen molar-refractivity contribution in [3.63, 3.8) is 0 Å². The molecule has 2 aliphatic rings. The number of fused-ring (bicyclic) bond motifs is 1. The van der Waals surface area contributed by atoms with Crippen molar-refractivity contribution in [3.05, 3.63) is 22.7 Å². The predicted octanol–water partition coefficient (Wildman–Crippen LogP) is 2.80. The van der Waals surface area contributed by atoms with Gasteiger partial charge in [0.05, 0.1) is 25.4 Å². The minimum atomic E-state index is -0.0565. The summed E-state index contributed by atoms with van der Waals surface area (Å²) in [5.74, 6) is 0.955. The van der Waals surface area contributed by atoms with E-state index < -0.39 is 0 Å². The molecule has 2 aliphatic heterocycles. The highest BCUT2D eigenvalue weighted by molar-refractivity contribution is 9.10. The third-order valence-electron chi connectivity index (χ3n) is 3.27. The Morgan fingerprint density at radius 2 is 2.06 bits per heavy atom. The van der Waals surface area contributed by atoms with E-state index >= 15 is 0 Å². The fourth-order valence-corrected chi connectivity index (χ4v) is 2.64. The third-order valence-corrected chi connectivity index (χ3v) is 3.77. The number of rotatable bonds is 0. The van der Waals surface area contributed by atoms with Gasteiger partial charge in [0.1, 0.15) is 11.4 Å². The Morgan fingerprint density at radius 1 is 1.25 bits per heavy atom. The lowest BCUT2D eigenvalue weighted by Gasteiger charge is -2.41. The highest BCUT2D eigenvalue weighted by Gasteiger charge is 2.38. The summed E-state index contributed by atoms with van der Waals surface area (Å²) >= 11 is 3.46. The summed E-state index contributed by atoms with van der Waals surface area (Å²) in [5.41, 5.74) is 1.02. The summed E-state index contributed by atoms with van der Waals surface area (Å²) in [5, 5.41) is 3.45. The molecule has 0 radical (unpaired) electrons. The monoisotopic (exact) mass is 283 g/mol. The van der Waals surface area contributed by atoms with Crippen molar-refractivity contribution in [2.24, 2.45) is 0 Å². The smallest absolute Gasteiger partial charge is 0.143 e. The molecule has 1 saturated heterocycles. The van der Waals surface area contributed by atoms with Gasteiger partial charge in [-0.3, -0.25) is 0 Å². The van der Waals surface area contributed by atoms with Crippen molar-refractivity contribution in [1.82, 2.24) is 0 Å². The first-order chi connectivity index (χ1) is 7.77. The van der Waals surface area contributed by atoms with Gasteiger partial charge in [-0.2, -0.15) is 0 Å². The van der Waals surface area contributed by atoms with E-state index in [-0.39, 0.29) is 5.60 Å². The molecule has 0 unspecified atom stereocenters. The summed E-state index contributed by atoms with van der Waals surface area (Å²) < 4.78 is 12.6. The summed E-state index contributed by atoms with van der Waals surface area (Å²) in [6, 6.07) is 6.09. The Bertz CT molecular complexity index is 402. The molecule has 86 valence electrons. The molecule has 0 aliphatic carbocycles. The van der Waals surface area contributed by atoms with E-state index in [2.05, 4.69) is 27.3 Å². The molecule has 2 heterocycles. The molecule has 16 heavy (non-hydrogen) atoms. The molecule has 0 saturated carbocycles. The second-order valence-electron chi connectivity index (χ2n) is 4.39. The maximum Gasteiger partial charge on any atom is 0.143 e. The van der Waals surface area contributed by atoms with Crippen LogP contribution >= 0.6 is 15.9 Å². The van der Waals surface area contributed by atoms with Gasteiger partial charge in [-0.1, -0.05) is 15.9 Å². The van der Waals surface area contributed by atoms with Crippen LogP contribution in [0.4, 0.5) is 5.69 Å². The molecular weight excluding hydrogens is 270 g/mol. The van der Waals surface area contributed by atoms with E-state index in [0.29, 0.717) is 0 Å². The topological polar surface area (TPSA) is 30.5 Å². The summed E-state index contributed by atoms with van der Waals surface area (Å²) in [7, 11) is 0. The van der Waals surface area contributed by atoms with E-state index in [4.69, 9.17) is 9.47 Å². The second-order valence-corrected chi connectivity index (χ2v) is 5.31. The SMILES string of the molecule is Brc1ccc2c(c1)NCC1(CCOCC1)O2. The molecule has 3 nitrogen and oxygen atoms in total. The van der Waals surface area contributed by atoms with Crippen molar-refractivity contribution in [3.8, 4) is 5.75 Å². The predicted molar refractivity (Wildman–Crippen MR) is 66.0 cm³/mol. The number of benzene rings is 1. The first-order valence-electron chi connectivity index (χ1n) is 5.58. The van der Waals surface area contributed by atoms with E-state index in [9.17, 15) is 0 Å². The van der Waals surface area contributed by atoms with E-state index in [0.717, 1.165) is 48.5 Å². The fourth-order valence-electron chi connectivity index (χ4n) is 2.28. The molecule has 1 aromatic rings. The third kappa shape index (κ3) is 1.80. The Balaban J connectivity index is 1.88. The van der Waals surface area contributed by atoms with Crippen LogP contribution < -0.4 is 10.1 Å². The van der Waals surface area contributed by atoms with E-state index in [1.165, 1.54) is 0 Å². The Hall–Kier alpha value is -0.740. The van der Waals surface area contributed by atoms with Gasteiger partial charge in [-0.15, -0.1) is 0 Å². The van der Waals surface area contributed by atoms with Gasteiger partial charge in [0.15, 0.2) is 0 Å². The van der Waals surface area contributed by atoms with Gasteiger partial charge in [0.25, 0.3) is 0 Å². The summed E-state index contributed by atoms with van der Waals surface area (Å²) in [4.78, 5) is 0. The zero-order valence-corrected chi connectivity index (χ0v) is 10.5. The average molecular weight is 284 g/mol. The van der Waals surface area contributed by atoms with Gasteiger partial charge in [-0.25, -0.2) is 0 Å². The van der Waals surface area contributed by atoms with Crippen molar-refractivity contribution in [2.75, 3.05) is 25.1 Å². The van der Waals surface area contributed by atoms with Crippen LogP contribution in [0.2, 0.25) is 0 Å². The first-order valence-corrected chi connectivity index (χ1v) is 6.37. The average Bonchev–Trinajstić information content (AvgIpc) is 2.31. The molecule has 1 N–H and O–H groups in total. The highest BCUT2D eigenvalue weighted by Crippen LogP contribution is 2.38. The Kier molecular flexibility index (Phi) is 2.56. The molecule has 1 fully saturated rings. The molecule has 3 rings (SSSR count). The minimum absolute atomic E-state index is 0.0565. The number of halogens is 1. The molecule has 0 amide bonds. The lowest BCUT2D eigenvalue weighted by molar-refractivity contribution is -0.0408. The quantitative estimate of drug-likeness (QED) is 0.794. The number of nitrogens with one attached hydrogen (secondary N) is 1. The van der Waals surface area contributed by atoms with Crippen molar-refractivity contribution in [2.45, 2.75) is 18.4 Å². The highest BCUT2D eigenvalue weighted by atomic mass is 79.9. The largest absolute Gasteiger partial charge is 0.483 e. The molecular formula is C12H14BrNO2. The van der Waals surface area contributed by atoms with Crippen LogP contribution in [-0.4, -0.2) is 25.4 Å². The summed E-state index contributed by atoms with van der Waals surface area (Å²) in [6.07, 6.45) is 1.94. The lowest BCUT2D eigenvalue weighted by Crippen LogP contribution is -2.49. The maximum atomic E-state index is 6.15. The zero-order chi connectivity index (χ0) is 11.0. The van der Waals surface area contributed by atoms with Crippen LogP contribution in [0.5, 0.6) is 5.75 Å². The Morgan fingerprint density at radius 3 is 2.88 bits per heavy atom. The van der Waals surface area contributed by atoms with E-state index in [1.807, 2.05) is 12.1 Å². The van der Waals surface area contributed by atoms with Gasteiger partial charge in [0.2, 0.25) is 0 Å². The molecule has 4 heteroatoms. The number of ether oxygens (including phenoxy) is 2. The number of anilines is 1. The molecule has 1 spiro atoms. The standard InChI is InChI=1S/C12H14BrNO2/c13-9-1-2-11-10(7-9)14-8-12(16-11)3-5-15-6-4-12/h1-2,7,14H,3-6,8H2. The molecule has 1 aromatic carbocycles. The van der Waals surface area contributed by atoms with Gasteiger partial charge in [-0.05, 0) is 18.2 Å². The van der Waals surface area contributed by atoms with Crippen molar-refractivity contribution >= 4 is 21.6 Å². The van der Waals surface area contributed by atoms with Crippen LogP contribution in [0.3, 0.4) is 0 Å². The van der Waals surface area contributed by atoms with Gasteiger partial charge in [0, 0.05) is 17.3 Å². The minimum Gasteiger partial charge on any atom is -0.483 e. The van der Waals surface area contributed by atoms with Crippen LogP contribution in [0.15, 0.2) is 22.7 Å². The van der Waals surface area contributed by atoms with Crippen LogP contribution in [0.25, 0.3) is 0 Å². The van der Waals surface area contributed by atoms with Gasteiger partial charge < -0.3 is 14.8 Å². The fraction of sp³-hybridized carbons (Fsp3) is 0.500. The van der Waals surface area contributed by atoms with Crippen LogP contribution in [0, 0.1) is 0 Å². The Labute approximate surface area is 103 Å². The zero-order valence-electron chi connectivity index (χ0n) is 8.96. The normalized spacial score (nSPS) is 22.1. The second kappa shape index (κ2) is 3.93. The first kappa shape index (κ1) is 10.4. The molecule has 0 aromatic heterocycles. The van der Waals surface area contributed by atoms with Crippen molar-refractivity contribution < 1.29 is 9.47 Å². The number of hydrogen-bond acceptors (Lipinski definition) is 3. The van der Waals surface area contributed by atoms with Gasteiger partial charge >= 0.3 is 0 Å².